The number of hydrogen-bond acceptors (Lipinski definition) is 3. The maximum Gasteiger partial charge on any atom is 0.307 e. The summed E-state index contributed by atoms with van der Waals surface area (Å²) in [6.45, 7) is 5.24. The lowest BCUT2D eigenvalue weighted by Crippen LogP contribution is -2.40. The van der Waals surface area contributed by atoms with Gasteiger partial charge in [0.2, 0.25) is 0 Å². The van der Waals surface area contributed by atoms with Crippen molar-refractivity contribution in [2.24, 2.45) is 11.3 Å². The van der Waals surface area contributed by atoms with E-state index in [-0.39, 0.29) is 17.2 Å². The number of piperidine rings is 1. The van der Waals surface area contributed by atoms with Gasteiger partial charge in [0, 0.05) is 24.3 Å². The Hall–Kier alpha value is -2.63. The molecule has 2 heterocycles. The van der Waals surface area contributed by atoms with Gasteiger partial charge >= 0.3 is 5.97 Å². The van der Waals surface area contributed by atoms with Crippen molar-refractivity contribution >= 4 is 11.9 Å². The molecule has 1 N–H and O–H groups in total. The van der Waals surface area contributed by atoms with Gasteiger partial charge in [0.1, 0.15) is 0 Å². The van der Waals surface area contributed by atoms with Crippen LogP contribution in [0.4, 0.5) is 0 Å². The number of hydrogen-bond donors (Lipinski definition) is 1. The molecule has 2 aliphatic rings. The minimum Gasteiger partial charge on any atom is -0.481 e. The van der Waals surface area contributed by atoms with Gasteiger partial charge in [-0.25, -0.2) is 4.68 Å². The number of aliphatic carboxylic acids is 1. The molecule has 1 saturated heterocycles. The number of aromatic nitrogens is 2. The van der Waals surface area contributed by atoms with E-state index >= 15 is 0 Å². The number of likely N-dealkylation sites (tertiary alicyclic amines) is 1. The van der Waals surface area contributed by atoms with Crippen molar-refractivity contribution in [1.29, 1.82) is 0 Å². The van der Waals surface area contributed by atoms with Crippen LogP contribution in [-0.4, -0.2) is 44.8 Å². The minimum absolute atomic E-state index is 0.0206. The second-order valence-electron chi connectivity index (χ2n) is 7.64. The summed E-state index contributed by atoms with van der Waals surface area (Å²) < 4.78 is 1.87. The first-order valence-corrected chi connectivity index (χ1v) is 9.05. The Morgan fingerprint density at radius 2 is 1.81 bits per heavy atom. The van der Waals surface area contributed by atoms with Crippen molar-refractivity contribution in [1.82, 2.24) is 14.7 Å². The third-order valence-corrected chi connectivity index (χ3v) is 5.90. The molecule has 1 aromatic carbocycles. The van der Waals surface area contributed by atoms with Gasteiger partial charge in [0.25, 0.3) is 5.91 Å². The van der Waals surface area contributed by atoms with E-state index in [1.54, 1.807) is 0 Å². The number of carboxylic acids is 1. The molecular formula is C20H23N3O3. The van der Waals surface area contributed by atoms with Gasteiger partial charge in [-0.2, -0.15) is 5.10 Å². The van der Waals surface area contributed by atoms with E-state index in [1.165, 1.54) is 0 Å². The zero-order valence-corrected chi connectivity index (χ0v) is 15.1. The number of amides is 1. The average molecular weight is 353 g/mol. The Morgan fingerprint density at radius 3 is 2.31 bits per heavy atom. The van der Waals surface area contributed by atoms with Gasteiger partial charge < -0.3 is 10.0 Å². The molecule has 1 amide bonds. The Bertz CT molecular complexity index is 861. The van der Waals surface area contributed by atoms with Crippen molar-refractivity contribution in [2.75, 3.05) is 13.1 Å². The maximum atomic E-state index is 12.8. The van der Waals surface area contributed by atoms with Crippen LogP contribution < -0.4 is 0 Å². The molecule has 1 atom stereocenters. The van der Waals surface area contributed by atoms with Crippen LogP contribution in [0, 0.1) is 25.2 Å². The topological polar surface area (TPSA) is 75.4 Å². The van der Waals surface area contributed by atoms with Crippen molar-refractivity contribution in [2.45, 2.75) is 33.1 Å². The third-order valence-electron chi connectivity index (χ3n) is 5.90. The second-order valence-corrected chi connectivity index (χ2v) is 7.64. The van der Waals surface area contributed by atoms with Gasteiger partial charge in [-0.3, -0.25) is 9.59 Å². The summed E-state index contributed by atoms with van der Waals surface area (Å²) in [4.78, 5) is 25.8. The summed E-state index contributed by atoms with van der Waals surface area (Å²) in [5.74, 6) is -0.878. The van der Waals surface area contributed by atoms with Crippen molar-refractivity contribution in [3.63, 3.8) is 0 Å². The molecule has 4 rings (SSSR count). The predicted molar refractivity (Wildman–Crippen MR) is 96.4 cm³/mol. The predicted octanol–water partition coefficient (Wildman–Crippen LogP) is 2.82. The van der Waals surface area contributed by atoms with E-state index in [4.69, 9.17) is 0 Å². The average Bonchev–Trinajstić information content (AvgIpc) is 3.22. The number of aryl methyl sites for hydroxylation is 2. The fourth-order valence-electron chi connectivity index (χ4n) is 4.22. The smallest absolute Gasteiger partial charge is 0.307 e. The molecule has 26 heavy (non-hydrogen) atoms. The molecule has 0 radical (unpaired) electrons. The normalized spacial score (nSPS) is 21.0. The van der Waals surface area contributed by atoms with Crippen LogP contribution in [0.25, 0.3) is 5.69 Å². The van der Waals surface area contributed by atoms with Gasteiger partial charge in [0.05, 0.1) is 17.3 Å². The van der Waals surface area contributed by atoms with E-state index < -0.39 is 5.97 Å². The molecule has 0 bridgehead atoms. The van der Waals surface area contributed by atoms with Crippen LogP contribution in [0.1, 0.15) is 41.0 Å². The molecule has 2 fully saturated rings. The van der Waals surface area contributed by atoms with E-state index in [2.05, 4.69) is 5.10 Å². The lowest BCUT2D eigenvalue weighted by Gasteiger charge is -2.32. The maximum absolute atomic E-state index is 12.8. The van der Waals surface area contributed by atoms with Crippen molar-refractivity contribution < 1.29 is 14.7 Å². The Morgan fingerprint density at radius 1 is 1.15 bits per heavy atom. The molecule has 1 saturated carbocycles. The van der Waals surface area contributed by atoms with Crippen LogP contribution in [0.15, 0.2) is 30.3 Å². The Labute approximate surface area is 152 Å². The van der Waals surface area contributed by atoms with E-state index in [1.807, 2.05) is 53.8 Å². The van der Waals surface area contributed by atoms with Crippen molar-refractivity contribution in [3.8, 4) is 5.69 Å². The van der Waals surface area contributed by atoms with Gasteiger partial charge in [-0.1, -0.05) is 0 Å². The molecule has 1 unspecified atom stereocenters. The third kappa shape index (κ3) is 2.79. The minimum atomic E-state index is -0.690. The summed E-state index contributed by atoms with van der Waals surface area (Å²) in [6, 6.07) is 9.54. The number of carbonyl (C=O) groups excluding carboxylic acids is 1. The van der Waals surface area contributed by atoms with Gasteiger partial charge in [-0.15, -0.1) is 0 Å². The van der Waals surface area contributed by atoms with Crippen LogP contribution in [0.3, 0.4) is 0 Å². The molecule has 6 nitrogen and oxygen atoms in total. The summed E-state index contributed by atoms with van der Waals surface area (Å²) in [6.07, 6.45) is 2.35. The molecule has 1 aliphatic heterocycles. The SMILES string of the molecule is Cc1cc(C)n(-c2ccc(C(=O)N3CCC4(CC3)CC4C(=O)O)cc2)n1. The molecule has 6 heteroatoms. The van der Waals surface area contributed by atoms with E-state index in [9.17, 15) is 14.7 Å². The lowest BCUT2D eigenvalue weighted by molar-refractivity contribution is -0.139. The summed E-state index contributed by atoms with van der Waals surface area (Å²) in [5, 5.41) is 13.6. The van der Waals surface area contributed by atoms with Crippen LogP contribution >= 0.6 is 0 Å². The fourth-order valence-corrected chi connectivity index (χ4v) is 4.22. The zero-order chi connectivity index (χ0) is 18.5. The fraction of sp³-hybridized carbons (Fsp3) is 0.450. The van der Waals surface area contributed by atoms with E-state index in [0.29, 0.717) is 18.7 Å². The quantitative estimate of drug-likeness (QED) is 0.921. The summed E-state index contributed by atoms with van der Waals surface area (Å²) >= 11 is 0. The Kier molecular flexibility index (Phi) is 3.86. The molecule has 2 aromatic rings. The molecule has 1 spiro atoms. The first kappa shape index (κ1) is 16.8. The zero-order valence-electron chi connectivity index (χ0n) is 15.1. The van der Waals surface area contributed by atoms with Gasteiger partial charge in [-0.05, 0) is 68.9 Å². The van der Waals surface area contributed by atoms with Crippen LogP contribution in [0.2, 0.25) is 0 Å². The highest BCUT2D eigenvalue weighted by Crippen LogP contribution is 2.59. The molecule has 136 valence electrons. The number of carboxylic acid groups (broad SMARTS) is 1. The highest BCUT2D eigenvalue weighted by atomic mass is 16.4. The largest absolute Gasteiger partial charge is 0.481 e. The molecule has 1 aliphatic carbocycles. The lowest BCUT2D eigenvalue weighted by atomic mass is 9.90. The number of rotatable bonds is 3. The molecular weight excluding hydrogens is 330 g/mol. The summed E-state index contributed by atoms with van der Waals surface area (Å²) in [5.41, 5.74) is 3.57. The Balaban J connectivity index is 1.43. The summed E-state index contributed by atoms with van der Waals surface area (Å²) in [7, 11) is 0. The van der Waals surface area contributed by atoms with E-state index in [0.717, 1.165) is 36.3 Å². The number of carbonyl (C=O) groups is 2. The van der Waals surface area contributed by atoms with Crippen LogP contribution in [0.5, 0.6) is 0 Å². The number of nitrogens with zero attached hydrogens (tertiary/aromatic N) is 3. The van der Waals surface area contributed by atoms with Crippen molar-refractivity contribution in [3.05, 3.63) is 47.3 Å². The standard InChI is InChI=1S/C20H23N3O3/c1-13-11-14(2)23(21-13)16-5-3-15(4-6-16)18(24)22-9-7-20(8-10-22)12-17(20)19(25)26/h3-6,11,17H,7-10,12H2,1-2H3,(H,25,26). The first-order chi connectivity index (χ1) is 12.4. The highest BCUT2D eigenvalue weighted by Gasteiger charge is 2.59. The van der Waals surface area contributed by atoms with Crippen LogP contribution in [-0.2, 0) is 4.79 Å². The first-order valence-electron chi connectivity index (χ1n) is 9.05. The molecule has 1 aromatic heterocycles. The highest BCUT2D eigenvalue weighted by molar-refractivity contribution is 5.94. The monoisotopic (exact) mass is 353 g/mol. The number of benzene rings is 1. The second kappa shape index (κ2) is 5.97. The van der Waals surface area contributed by atoms with Gasteiger partial charge in [0.15, 0.2) is 0 Å².